The van der Waals surface area contributed by atoms with Gasteiger partial charge in [0.15, 0.2) is 0 Å². The minimum absolute atomic E-state index is 0.0180. The summed E-state index contributed by atoms with van der Waals surface area (Å²) in [6.07, 6.45) is 38.0. The van der Waals surface area contributed by atoms with Crippen molar-refractivity contribution in [3.05, 3.63) is 0 Å². The van der Waals surface area contributed by atoms with Gasteiger partial charge in [-0.05, 0) is 118 Å². The molecular formula is C45H82O5. The molecule has 5 heteroatoms. The summed E-state index contributed by atoms with van der Waals surface area (Å²) in [7, 11) is 0. The predicted octanol–water partition coefficient (Wildman–Crippen LogP) is 13.0. The van der Waals surface area contributed by atoms with Crippen LogP contribution in [-0.2, 0) is 19.1 Å². The Morgan fingerprint density at radius 1 is 0.560 bits per heavy atom. The van der Waals surface area contributed by atoms with Gasteiger partial charge in [0.05, 0.1) is 6.61 Å². The van der Waals surface area contributed by atoms with E-state index in [4.69, 9.17) is 9.47 Å². The first-order valence-corrected chi connectivity index (χ1v) is 22.3. The third-order valence-electron chi connectivity index (χ3n) is 13.1. The second kappa shape index (κ2) is 24.3. The van der Waals surface area contributed by atoms with E-state index in [9.17, 15) is 14.7 Å². The minimum atomic E-state index is -0.0180. The van der Waals surface area contributed by atoms with Gasteiger partial charge in [-0.25, -0.2) is 0 Å². The molecule has 0 unspecified atom stereocenters. The molecule has 4 atom stereocenters. The monoisotopic (exact) mass is 703 g/mol. The SMILES string of the molecule is CCCCCCCCCOC(=O)CC[C@@]12C[C@H]3C[C@@](CCCO)(C1)C[C@](CCC(=O)OC(CCCCCCCC)CCCCCCCC)(C3)C2. The van der Waals surface area contributed by atoms with Crippen LogP contribution in [-0.4, -0.2) is 36.4 Å². The summed E-state index contributed by atoms with van der Waals surface area (Å²) in [5.74, 6) is 0.684. The molecule has 4 fully saturated rings. The van der Waals surface area contributed by atoms with E-state index in [-0.39, 0.29) is 40.9 Å². The first kappa shape index (κ1) is 43.3. The van der Waals surface area contributed by atoms with Crippen LogP contribution in [0.1, 0.15) is 233 Å². The van der Waals surface area contributed by atoms with Crippen LogP contribution in [0.4, 0.5) is 0 Å². The van der Waals surface area contributed by atoms with Crippen molar-refractivity contribution in [1.29, 1.82) is 0 Å². The Hall–Kier alpha value is -1.10. The molecule has 0 amide bonds. The van der Waals surface area contributed by atoms with Crippen molar-refractivity contribution < 1.29 is 24.2 Å². The van der Waals surface area contributed by atoms with Gasteiger partial charge in [0.25, 0.3) is 0 Å². The number of aliphatic hydroxyl groups excluding tert-OH is 1. The zero-order chi connectivity index (χ0) is 36.0. The van der Waals surface area contributed by atoms with E-state index in [2.05, 4.69) is 20.8 Å². The molecule has 0 aliphatic heterocycles. The van der Waals surface area contributed by atoms with Gasteiger partial charge >= 0.3 is 11.9 Å². The van der Waals surface area contributed by atoms with Gasteiger partial charge in [0, 0.05) is 19.4 Å². The zero-order valence-corrected chi connectivity index (χ0v) is 33.5. The maximum atomic E-state index is 13.5. The summed E-state index contributed by atoms with van der Waals surface area (Å²) in [6.45, 7) is 7.60. The molecule has 4 aliphatic rings. The highest BCUT2D eigenvalue weighted by atomic mass is 16.5. The van der Waals surface area contributed by atoms with Crippen molar-refractivity contribution in [2.75, 3.05) is 13.2 Å². The number of aliphatic hydroxyl groups is 1. The molecule has 0 heterocycles. The molecular weight excluding hydrogens is 620 g/mol. The summed E-state index contributed by atoms with van der Waals surface area (Å²) in [5, 5.41) is 9.82. The highest BCUT2D eigenvalue weighted by Crippen LogP contribution is 2.73. The summed E-state index contributed by atoms with van der Waals surface area (Å²) in [4.78, 5) is 26.5. The summed E-state index contributed by atoms with van der Waals surface area (Å²) in [6, 6.07) is 0. The Morgan fingerprint density at radius 3 is 1.46 bits per heavy atom. The Bertz CT molecular complexity index is 903. The van der Waals surface area contributed by atoms with Gasteiger partial charge in [-0.15, -0.1) is 0 Å². The number of ether oxygens (including phenoxy) is 2. The van der Waals surface area contributed by atoms with E-state index in [0.29, 0.717) is 25.4 Å². The van der Waals surface area contributed by atoms with Crippen molar-refractivity contribution in [1.82, 2.24) is 0 Å². The Morgan fingerprint density at radius 2 is 0.980 bits per heavy atom. The maximum Gasteiger partial charge on any atom is 0.306 e. The normalized spacial score (nSPS) is 25.4. The van der Waals surface area contributed by atoms with Crippen LogP contribution in [0.5, 0.6) is 0 Å². The number of rotatable bonds is 32. The van der Waals surface area contributed by atoms with Crippen LogP contribution < -0.4 is 0 Å². The molecule has 50 heavy (non-hydrogen) atoms. The molecule has 0 aromatic carbocycles. The Balaban J connectivity index is 1.53. The van der Waals surface area contributed by atoms with Crippen LogP contribution >= 0.6 is 0 Å². The van der Waals surface area contributed by atoms with Gasteiger partial charge < -0.3 is 14.6 Å². The Labute approximate surface area is 309 Å². The van der Waals surface area contributed by atoms with Gasteiger partial charge in [-0.1, -0.05) is 124 Å². The van der Waals surface area contributed by atoms with Gasteiger partial charge in [-0.3, -0.25) is 9.59 Å². The molecule has 0 aromatic heterocycles. The summed E-state index contributed by atoms with van der Waals surface area (Å²) < 4.78 is 12.0. The largest absolute Gasteiger partial charge is 0.466 e. The fourth-order valence-corrected chi connectivity index (χ4v) is 11.2. The van der Waals surface area contributed by atoms with Crippen molar-refractivity contribution in [2.45, 2.75) is 239 Å². The smallest absolute Gasteiger partial charge is 0.306 e. The lowest BCUT2D eigenvalue weighted by atomic mass is 9.37. The highest BCUT2D eigenvalue weighted by Gasteiger charge is 2.62. The molecule has 292 valence electrons. The highest BCUT2D eigenvalue weighted by molar-refractivity contribution is 5.70. The second-order valence-electron chi connectivity index (χ2n) is 17.9. The number of carbonyl (C=O) groups is 2. The molecule has 0 aromatic rings. The van der Waals surface area contributed by atoms with E-state index in [1.165, 1.54) is 141 Å². The van der Waals surface area contributed by atoms with Crippen LogP contribution in [0.3, 0.4) is 0 Å². The van der Waals surface area contributed by atoms with E-state index in [0.717, 1.165) is 57.8 Å². The molecule has 4 rings (SSSR count). The molecule has 5 nitrogen and oxygen atoms in total. The number of unbranched alkanes of at least 4 members (excludes halogenated alkanes) is 16. The lowest BCUT2D eigenvalue weighted by Gasteiger charge is -2.67. The zero-order valence-electron chi connectivity index (χ0n) is 33.5. The van der Waals surface area contributed by atoms with E-state index in [1.807, 2.05) is 0 Å². The molecule has 0 spiro atoms. The standard InChI is InChI=1S/C45H82O5/c1-4-7-10-13-16-19-22-32-49-41(47)26-29-44-34-39-33-43(36-44,28-23-31-46)37-45(35-39,38-44)30-27-42(48)50-40(24-20-17-14-11-8-5-2)25-21-18-15-12-9-6-3/h39-40,46H,4-38H2,1-3H3/t39-,43+,44-,45+/m1/s1. The van der Waals surface area contributed by atoms with Crippen molar-refractivity contribution in [2.24, 2.45) is 22.2 Å². The molecule has 4 saturated carbocycles. The topological polar surface area (TPSA) is 72.8 Å². The lowest BCUT2D eigenvalue weighted by Crippen LogP contribution is -2.57. The fourth-order valence-electron chi connectivity index (χ4n) is 11.2. The van der Waals surface area contributed by atoms with E-state index >= 15 is 0 Å². The van der Waals surface area contributed by atoms with Crippen LogP contribution in [0.2, 0.25) is 0 Å². The van der Waals surface area contributed by atoms with Crippen molar-refractivity contribution in [3.63, 3.8) is 0 Å². The second-order valence-corrected chi connectivity index (χ2v) is 17.9. The number of esters is 2. The maximum absolute atomic E-state index is 13.5. The third kappa shape index (κ3) is 15.9. The average molecular weight is 703 g/mol. The molecule has 4 bridgehead atoms. The van der Waals surface area contributed by atoms with Gasteiger partial charge in [0.2, 0.25) is 0 Å². The minimum Gasteiger partial charge on any atom is -0.466 e. The third-order valence-corrected chi connectivity index (χ3v) is 13.1. The van der Waals surface area contributed by atoms with E-state index < -0.39 is 0 Å². The number of hydrogen-bond donors (Lipinski definition) is 1. The van der Waals surface area contributed by atoms with E-state index in [1.54, 1.807) is 0 Å². The Kier molecular flexibility index (Phi) is 21.0. The lowest BCUT2D eigenvalue weighted by molar-refractivity contribution is -0.176. The first-order chi connectivity index (χ1) is 24.3. The van der Waals surface area contributed by atoms with Crippen LogP contribution in [0, 0.1) is 22.2 Å². The molecule has 0 radical (unpaired) electrons. The quantitative estimate of drug-likeness (QED) is 0.0558. The van der Waals surface area contributed by atoms with Crippen LogP contribution in [0.15, 0.2) is 0 Å². The first-order valence-electron chi connectivity index (χ1n) is 22.3. The van der Waals surface area contributed by atoms with Crippen LogP contribution in [0.25, 0.3) is 0 Å². The number of hydrogen-bond acceptors (Lipinski definition) is 5. The van der Waals surface area contributed by atoms with Gasteiger partial charge in [0.1, 0.15) is 6.10 Å². The molecule has 4 aliphatic carbocycles. The number of carbonyl (C=O) groups excluding carboxylic acids is 2. The van der Waals surface area contributed by atoms with Gasteiger partial charge in [-0.2, -0.15) is 0 Å². The van der Waals surface area contributed by atoms with Crippen molar-refractivity contribution in [3.8, 4) is 0 Å². The fraction of sp³-hybridized carbons (Fsp3) is 0.956. The average Bonchev–Trinajstić information content (AvgIpc) is 3.09. The molecule has 1 N–H and O–H groups in total. The van der Waals surface area contributed by atoms with Crippen molar-refractivity contribution >= 4 is 11.9 Å². The summed E-state index contributed by atoms with van der Waals surface area (Å²) >= 11 is 0. The predicted molar refractivity (Wildman–Crippen MR) is 208 cm³/mol. The summed E-state index contributed by atoms with van der Waals surface area (Å²) in [5.41, 5.74) is 0.602. The molecule has 0 saturated heterocycles.